The molecule has 1 fully saturated rings. The van der Waals surface area contributed by atoms with Crippen LogP contribution >= 0.6 is 0 Å². The smallest absolute Gasteiger partial charge is 0.334 e. The van der Waals surface area contributed by atoms with E-state index in [1.165, 1.54) is 7.11 Å². The summed E-state index contributed by atoms with van der Waals surface area (Å²) in [6.07, 6.45) is 1.18. The van der Waals surface area contributed by atoms with E-state index in [0.29, 0.717) is 0 Å². The number of hydrogen-bond donors (Lipinski definition) is 1. The van der Waals surface area contributed by atoms with E-state index >= 15 is 0 Å². The third kappa shape index (κ3) is 1.95. The Morgan fingerprint density at radius 3 is 2.75 bits per heavy atom. The van der Waals surface area contributed by atoms with Crippen LogP contribution in [0.3, 0.4) is 0 Å². The summed E-state index contributed by atoms with van der Waals surface area (Å²) < 4.78 is 9.93. The van der Waals surface area contributed by atoms with Crippen LogP contribution in [0.2, 0.25) is 0 Å². The lowest BCUT2D eigenvalue weighted by atomic mass is 10.1. The zero-order chi connectivity index (χ0) is 9.14. The summed E-state index contributed by atoms with van der Waals surface area (Å²) in [5, 5.41) is 0. The Balaban J connectivity index is 2.40. The number of carbonyl (C=O) groups excluding carboxylic acids is 1. The van der Waals surface area contributed by atoms with Crippen LogP contribution in [0.15, 0.2) is 0 Å². The summed E-state index contributed by atoms with van der Waals surface area (Å²) in [4.78, 5) is 11.0. The van der Waals surface area contributed by atoms with E-state index in [2.05, 4.69) is 4.74 Å². The Kier molecular flexibility index (Phi) is 3.05. The van der Waals surface area contributed by atoms with Crippen molar-refractivity contribution in [3.63, 3.8) is 0 Å². The molecular weight excluding hydrogens is 158 g/mol. The minimum absolute atomic E-state index is 0.00843. The fourth-order valence-electron chi connectivity index (χ4n) is 1.35. The summed E-state index contributed by atoms with van der Waals surface area (Å²) in [7, 11) is 1.37. The normalized spacial score (nSPS) is 31.6. The van der Waals surface area contributed by atoms with Gasteiger partial charge in [0.15, 0.2) is 6.10 Å². The van der Waals surface area contributed by atoms with Gasteiger partial charge in [0.2, 0.25) is 0 Å². The molecule has 0 spiro atoms. The second-order valence-electron chi connectivity index (χ2n) is 3.12. The van der Waals surface area contributed by atoms with Crippen molar-refractivity contribution < 1.29 is 14.3 Å². The van der Waals surface area contributed by atoms with Crippen molar-refractivity contribution in [3.8, 4) is 0 Å². The molecule has 70 valence electrons. The second kappa shape index (κ2) is 3.87. The van der Waals surface area contributed by atoms with E-state index in [9.17, 15) is 4.79 Å². The van der Waals surface area contributed by atoms with Crippen molar-refractivity contribution in [1.29, 1.82) is 0 Å². The first kappa shape index (κ1) is 9.48. The molecule has 3 atom stereocenters. The van der Waals surface area contributed by atoms with Crippen LogP contribution in [0.5, 0.6) is 0 Å². The van der Waals surface area contributed by atoms with Gasteiger partial charge in [0.25, 0.3) is 0 Å². The molecule has 0 aliphatic carbocycles. The first-order valence-corrected chi connectivity index (χ1v) is 4.14. The summed E-state index contributed by atoms with van der Waals surface area (Å²) in [5.74, 6) is -0.293. The molecule has 1 aliphatic rings. The first-order valence-electron chi connectivity index (χ1n) is 4.14. The van der Waals surface area contributed by atoms with Gasteiger partial charge in [0.05, 0.1) is 13.2 Å². The molecule has 1 saturated heterocycles. The second-order valence-corrected chi connectivity index (χ2v) is 3.12. The highest BCUT2D eigenvalue weighted by Gasteiger charge is 2.32. The Morgan fingerprint density at radius 2 is 2.33 bits per heavy atom. The number of esters is 1. The van der Waals surface area contributed by atoms with Crippen LogP contribution in [0.25, 0.3) is 0 Å². The van der Waals surface area contributed by atoms with E-state index in [-0.39, 0.29) is 18.1 Å². The van der Waals surface area contributed by atoms with Crippen LogP contribution in [0.4, 0.5) is 0 Å². The van der Waals surface area contributed by atoms with E-state index in [4.69, 9.17) is 10.5 Å². The largest absolute Gasteiger partial charge is 0.467 e. The summed E-state index contributed by atoms with van der Waals surface area (Å²) in [6.45, 7) is 1.88. The lowest BCUT2D eigenvalue weighted by molar-refractivity contribution is -0.153. The zero-order valence-corrected chi connectivity index (χ0v) is 7.45. The highest BCUT2D eigenvalue weighted by Crippen LogP contribution is 2.21. The third-order valence-corrected chi connectivity index (χ3v) is 2.10. The molecule has 0 aromatic carbocycles. The van der Waals surface area contributed by atoms with Crippen LogP contribution in [-0.4, -0.2) is 31.3 Å². The van der Waals surface area contributed by atoms with Gasteiger partial charge in [-0.25, -0.2) is 4.79 Å². The monoisotopic (exact) mass is 173 g/mol. The minimum atomic E-state index is -0.397. The fourth-order valence-corrected chi connectivity index (χ4v) is 1.35. The predicted molar refractivity (Wildman–Crippen MR) is 43.6 cm³/mol. The van der Waals surface area contributed by atoms with Gasteiger partial charge in [-0.05, 0) is 19.8 Å². The minimum Gasteiger partial charge on any atom is -0.467 e. The lowest BCUT2D eigenvalue weighted by Gasteiger charge is -2.14. The Labute approximate surface area is 72.0 Å². The van der Waals surface area contributed by atoms with E-state index < -0.39 is 6.10 Å². The van der Waals surface area contributed by atoms with Gasteiger partial charge in [0, 0.05) is 6.04 Å². The van der Waals surface area contributed by atoms with Crippen molar-refractivity contribution in [2.45, 2.75) is 38.0 Å². The molecule has 0 radical (unpaired) electrons. The molecule has 1 heterocycles. The molecule has 0 aromatic heterocycles. The molecule has 0 saturated carbocycles. The Morgan fingerprint density at radius 1 is 1.67 bits per heavy atom. The number of methoxy groups -OCH3 is 1. The highest BCUT2D eigenvalue weighted by atomic mass is 16.6. The van der Waals surface area contributed by atoms with Crippen molar-refractivity contribution in [3.05, 3.63) is 0 Å². The van der Waals surface area contributed by atoms with Gasteiger partial charge in [-0.1, -0.05) is 0 Å². The molecule has 0 aromatic rings. The number of hydrogen-bond acceptors (Lipinski definition) is 4. The van der Waals surface area contributed by atoms with Crippen LogP contribution in [0.1, 0.15) is 19.8 Å². The van der Waals surface area contributed by atoms with E-state index in [0.717, 1.165) is 12.8 Å². The number of ether oxygens (including phenoxy) is 2. The highest BCUT2D eigenvalue weighted by molar-refractivity contribution is 5.74. The van der Waals surface area contributed by atoms with Gasteiger partial charge in [-0.3, -0.25) is 0 Å². The molecular formula is C8H15NO3. The number of nitrogens with two attached hydrogens (primary N) is 1. The topological polar surface area (TPSA) is 61.5 Å². The first-order chi connectivity index (χ1) is 5.65. The molecule has 1 aliphatic heterocycles. The maximum absolute atomic E-state index is 11.0. The van der Waals surface area contributed by atoms with Crippen molar-refractivity contribution in [1.82, 2.24) is 0 Å². The average Bonchev–Trinajstić information content (AvgIpc) is 2.51. The van der Waals surface area contributed by atoms with Crippen molar-refractivity contribution in [2.24, 2.45) is 5.73 Å². The standard InChI is InChI=1S/C8H15NO3/c1-5(9)6-3-4-7(12-6)8(10)11-2/h5-7H,3-4,9H2,1-2H3/t5-,6-,7-/m0/s1. The van der Waals surface area contributed by atoms with Crippen LogP contribution in [0, 0.1) is 0 Å². The molecule has 12 heavy (non-hydrogen) atoms. The fraction of sp³-hybridized carbons (Fsp3) is 0.875. The van der Waals surface area contributed by atoms with Gasteiger partial charge in [0.1, 0.15) is 0 Å². The molecule has 0 amide bonds. The molecule has 4 nitrogen and oxygen atoms in total. The van der Waals surface area contributed by atoms with Crippen LogP contribution in [-0.2, 0) is 14.3 Å². The predicted octanol–water partition coefficient (Wildman–Crippen LogP) is 0.0542. The van der Waals surface area contributed by atoms with Crippen molar-refractivity contribution >= 4 is 5.97 Å². The van der Waals surface area contributed by atoms with Crippen LogP contribution < -0.4 is 5.73 Å². The third-order valence-electron chi connectivity index (χ3n) is 2.10. The number of rotatable bonds is 2. The number of carbonyl (C=O) groups is 1. The molecule has 1 rings (SSSR count). The summed E-state index contributed by atoms with van der Waals surface area (Å²) in [5.41, 5.74) is 5.62. The van der Waals surface area contributed by atoms with Gasteiger partial charge in [-0.2, -0.15) is 0 Å². The van der Waals surface area contributed by atoms with Crippen molar-refractivity contribution in [2.75, 3.05) is 7.11 Å². The lowest BCUT2D eigenvalue weighted by Crippen LogP contribution is -2.33. The van der Waals surface area contributed by atoms with Gasteiger partial charge in [-0.15, -0.1) is 0 Å². The average molecular weight is 173 g/mol. The van der Waals surface area contributed by atoms with Gasteiger partial charge >= 0.3 is 5.97 Å². The molecule has 4 heteroatoms. The molecule has 2 N–H and O–H groups in total. The summed E-state index contributed by atoms with van der Waals surface area (Å²) in [6, 6.07) is -0.0142. The SMILES string of the molecule is COC(=O)[C@@H]1CC[C@@H]([C@H](C)N)O1. The molecule has 0 bridgehead atoms. The molecule has 0 unspecified atom stereocenters. The Bertz CT molecular complexity index is 170. The quantitative estimate of drug-likeness (QED) is 0.599. The summed E-state index contributed by atoms with van der Waals surface area (Å²) >= 11 is 0. The zero-order valence-electron chi connectivity index (χ0n) is 7.45. The van der Waals surface area contributed by atoms with E-state index in [1.54, 1.807) is 0 Å². The Hall–Kier alpha value is -0.610. The van der Waals surface area contributed by atoms with Gasteiger partial charge < -0.3 is 15.2 Å². The maximum Gasteiger partial charge on any atom is 0.334 e. The maximum atomic E-state index is 11.0. The van der Waals surface area contributed by atoms with E-state index in [1.807, 2.05) is 6.92 Å².